The maximum Gasteiger partial charge on any atom is 0.238 e. The quantitative estimate of drug-likeness (QED) is 0.722. The molecule has 0 spiro atoms. The van der Waals surface area contributed by atoms with Crippen LogP contribution in [-0.4, -0.2) is 12.5 Å². The smallest absolute Gasteiger partial charge is 0.238 e. The third kappa shape index (κ3) is 3.83. The van der Waals surface area contributed by atoms with Crippen LogP contribution >= 0.6 is 0 Å². The van der Waals surface area contributed by atoms with Gasteiger partial charge in [0.25, 0.3) is 0 Å². The molecule has 0 heterocycles. The Kier molecular flexibility index (Phi) is 5.05. The topological polar surface area (TPSA) is 41.1 Å². The number of nitrogens with one attached hydrogen (secondary N) is 2. The maximum atomic E-state index is 13.6. The Hall–Kier alpha value is -2.79. The van der Waals surface area contributed by atoms with Gasteiger partial charge in [0.05, 0.1) is 6.54 Å². The van der Waals surface area contributed by atoms with Gasteiger partial charge in [-0.15, -0.1) is 0 Å². The molecule has 3 aromatic rings. The molecular weight excluding hydrogens is 322 g/mol. The zero-order valence-electron chi connectivity index (χ0n) is 13.7. The summed E-state index contributed by atoms with van der Waals surface area (Å²) in [6, 6.07) is 17.3. The van der Waals surface area contributed by atoms with Crippen molar-refractivity contribution < 1.29 is 13.6 Å². The fourth-order valence-corrected chi connectivity index (χ4v) is 2.78. The molecule has 0 aliphatic carbocycles. The fourth-order valence-electron chi connectivity index (χ4n) is 2.78. The number of amides is 1. The number of rotatable bonds is 5. The number of carbonyl (C=O) groups is 1. The van der Waals surface area contributed by atoms with Gasteiger partial charge in [0.15, 0.2) is 0 Å². The first kappa shape index (κ1) is 17.0. The minimum Gasteiger partial charge on any atom is -0.320 e. The summed E-state index contributed by atoms with van der Waals surface area (Å²) in [5.74, 6) is -2.10. The highest BCUT2D eigenvalue weighted by Gasteiger charge is 2.14. The molecule has 3 rings (SSSR count). The minimum atomic E-state index is -0.796. The molecule has 3 nitrogen and oxygen atoms in total. The third-order valence-corrected chi connectivity index (χ3v) is 4.09. The molecule has 0 aromatic heterocycles. The standard InChI is InChI=1S/C20H18F2N2O/c1-13(15-9-4-7-14-6-2-3-8-16(14)15)23-12-19(25)24-20-17(21)10-5-11-18(20)22/h2-11,13,23H,12H2,1H3,(H,24,25)/t13-/m1/s1. The van der Waals surface area contributed by atoms with Gasteiger partial charge in [-0.3, -0.25) is 4.79 Å². The van der Waals surface area contributed by atoms with Crippen LogP contribution in [0.15, 0.2) is 60.7 Å². The highest BCUT2D eigenvalue weighted by Crippen LogP contribution is 2.24. The molecule has 25 heavy (non-hydrogen) atoms. The highest BCUT2D eigenvalue weighted by atomic mass is 19.1. The van der Waals surface area contributed by atoms with E-state index in [-0.39, 0.29) is 12.6 Å². The second-order valence-electron chi connectivity index (χ2n) is 5.82. The SMILES string of the molecule is C[C@@H](NCC(=O)Nc1c(F)cccc1F)c1cccc2ccccc12. The van der Waals surface area contributed by atoms with Crippen molar-refractivity contribution in [3.05, 3.63) is 77.9 Å². The number of benzene rings is 3. The van der Waals surface area contributed by atoms with Crippen molar-refractivity contribution in [3.8, 4) is 0 Å². The number of carbonyl (C=O) groups excluding carboxylic acids is 1. The molecule has 0 bridgehead atoms. The van der Waals surface area contributed by atoms with Crippen LogP contribution in [0.25, 0.3) is 10.8 Å². The Bertz CT molecular complexity index is 886. The molecule has 0 radical (unpaired) electrons. The van der Waals surface area contributed by atoms with Crippen molar-refractivity contribution in [2.24, 2.45) is 0 Å². The number of hydrogen-bond acceptors (Lipinski definition) is 2. The van der Waals surface area contributed by atoms with Gasteiger partial charge in [-0.1, -0.05) is 48.5 Å². The second kappa shape index (κ2) is 7.40. The average molecular weight is 340 g/mol. The molecule has 0 unspecified atom stereocenters. The molecule has 0 aliphatic heterocycles. The summed E-state index contributed by atoms with van der Waals surface area (Å²) >= 11 is 0. The van der Waals surface area contributed by atoms with E-state index in [9.17, 15) is 13.6 Å². The van der Waals surface area contributed by atoms with Crippen molar-refractivity contribution in [1.82, 2.24) is 5.32 Å². The van der Waals surface area contributed by atoms with Crippen LogP contribution in [0.3, 0.4) is 0 Å². The number of fused-ring (bicyclic) bond motifs is 1. The lowest BCUT2D eigenvalue weighted by atomic mass is 10.00. The number of para-hydroxylation sites is 1. The van der Waals surface area contributed by atoms with Crippen LogP contribution in [-0.2, 0) is 4.79 Å². The van der Waals surface area contributed by atoms with E-state index < -0.39 is 23.2 Å². The molecule has 0 saturated heterocycles. The predicted molar refractivity (Wildman–Crippen MR) is 95.4 cm³/mol. The lowest BCUT2D eigenvalue weighted by Gasteiger charge is -2.16. The zero-order valence-corrected chi connectivity index (χ0v) is 13.7. The van der Waals surface area contributed by atoms with Gasteiger partial charge in [0, 0.05) is 6.04 Å². The van der Waals surface area contributed by atoms with Crippen molar-refractivity contribution >= 4 is 22.4 Å². The largest absolute Gasteiger partial charge is 0.320 e. The first-order chi connectivity index (χ1) is 12.1. The number of halogens is 2. The molecule has 1 atom stereocenters. The van der Waals surface area contributed by atoms with Crippen molar-refractivity contribution in [1.29, 1.82) is 0 Å². The average Bonchev–Trinajstić information content (AvgIpc) is 2.62. The Morgan fingerprint density at radius 2 is 1.60 bits per heavy atom. The molecule has 0 fully saturated rings. The highest BCUT2D eigenvalue weighted by molar-refractivity contribution is 5.92. The van der Waals surface area contributed by atoms with E-state index >= 15 is 0 Å². The van der Waals surface area contributed by atoms with E-state index in [4.69, 9.17) is 0 Å². The van der Waals surface area contributed by atoms with Gasteiger partial charge in [-0.05, 0) is 35.4 Å². The molecule has 128 valence electrons. The molecule has 1 amide bonds. The normalized spacial score (nSPS) is 12.1. The van der Waals surface area contributed by atoms with Gasteiger partial charge < -0.3 is 10.6 Å². The fraction of sp³-hybridized carbons (Fsp3) is 0.150. The van der Waals surface area contributed by atoms with Crippen LogP contribution < -0.4 is 10.6 Å². The van der Waals surface area contributed by atoms with Gasteiger partial charge in [-0.2, -0.15) is 0 Å². The van der Waals surface area contributed by atoms with E-state index in [1.165, 1.54) is 6.07 Å². The van der Waals surface area contributed by atoms with Gasteiger partial charge in [-0.25, -0.2) is 8.78 Å². The summed E-state index contributed by atoms with van der Waals surface area (Å²) in [7, 11) is 0. The van der Waals surface area contributed by atoms with Crippen LogP contribution in [0.5, 0.6) is 0 Å². The minimum absolute atomic E-state index is 0.0574. The van der Waals surface area contributed by atoms with Crippen LogP contribution in [0, 0.1) is 11.6 Å². The first-order valence-electron chi connectivity index (χ1n) is 8.01. The Labute approximate surface area is 144 Å². The summed E-state index contributed by atoms with van der Waals surface area (Å²) in [4.78, 5) is 12.0. The summed E-state index contributed by atoms with van der Waals surface area (Å²) in [5.41, 5.74) is 0.634. The molecule has 3 aromatic carbocycles. The van der Waals surface area contributed by atoms with Crippen molar-refractivity contribution in [2.45, 2.75) is 13.0 Å². The van der Waals surface area contributed by atoms with Gasteiger partial charge in [0.1, 0.15) is 17.3 Å². The lowest BCUT2D eigenvalue weighted by Crippen LogP contribution is -2.30. The molecule has 0 saturated carbocycles. The van der Waals surface area contributed by atoms with Crippen LogP contribution in [0.2, 0.25) is 0 Å². The lowest BCUT2D eigenvalue weighted by molar-refractivity contribution is -0.115. The second-order valence-corrected chi connectivity index (χ2v) is 5.82. The summed E-state index contributed by atoms with van der Waals surface area (Å²) in [5, 5.41) is 7.58. The van der Waals surface area contributed by atoms with Crippen molar-refractivity contribution in [3.63, 3.8) is 0 Å². The van der Waals surface area contributed by atoms with E-state index in [1.807, 2.05) is 49.4 Å². The summed E-state index contributed by atoms with van der Waals surface area (Å²) in [6.07, 6.45) is 0. The van der Waals surface area contributed by atoms with Crippen molar-refractivity contribution in [2.75, 3.05) is 11.9 Å². The summed E-state index contributed by atoms with van der Waals surface area (Å²) < 4.78 is 27.1. The Morgan fingerprint density at radius 1 is 0.960 bits per heavy atom. The zero-order chi connectivity index (χ0) is 17.8. The monoisotopic (exact) mass is 340 g/mol. The number of anilines is 1. The Balaban J connectivity index is 1.67. The summed E-state index contributed by atoms with van der Waals surface area (Å²) in [6.45, 7) is 1.89. The predicted octanol–water partition coefficient (Wildman–Crippen LogP) is 4.41. The molecule has 2 N–H and O–H groups in total. The third-order valence-electron chi connectivity index (χ3n) is 4.09. The number of hydrogen-bond donors (Lipinski definition) is 2. The molecule has 5 heteroatoms. The van der Waals surface area contributed by atoms with Gasteiger partial charge in [0.2, 0.25) is 5.91 Å². The molecule has 0 aliphatic rings. The van der Waals surface area contributed by atoms with Crippen LogP contribution in [0.4, 0.5) is 14.5 Å². The Morgan fingerprint density at radius 3 is 2.36 bits per heavy atom. The van der Waals surface area contributed by atoms with Crippen LogP contribution in [0.1, 0.15) is 18.5 Å². The maximum absolute atomic E-state index is 13.6. The van der Waals surface area contributed by atoms with E-state index in [0.717, 1.165) is 28.5 Å². The van der Waals surface area contributed by atoms with E-state index in [1.54, 1.807) is 0 Å². The first-order valence-corrected chi connectivity index (χ1v) is 8.01. The molecular formula is C20H18F2N2O. The van der Waals surface area contributed by atoms with Gasteiger partial charge >= 0.3 is 0 Å². The van der Waals surface area contributed by atoms with E-state index in [0.29, 0.717) is 0 Å². The van der Waals surface area contributed by atoms with E-state index in [2.05, 4.69) is 10.6 Å².